The number of nitrogens with zero attached hydrogens (tertiary/aromatic N) is 4. The highest BCUT2D eigenvalue weighted by molar-refractivity contribution is 5.76. The molecule has 6 nitrogen and oxygen atoms in total. The molecule has 3 rings (SSSR count). The van der Waals surface area contributed by atoms with Gasteiger partial charge in [-0.05, 0) is 30.7 Å². The minimum absolute atomic E-state index is 0.155. The Hall–Kier alpha value is -3.07. The van der Waals surface area contributed by atoms with Gasteiger partial charge in [0, 0.05) is 38.8 Å². The fourth-order valence-corrected chi connectivity index (χ4v) is 2.99. The summed E-state index contributed by atoms with van der Waals surface area (Å²) in [4.78, 5) is 20.6. The number of aromatic nitrogens is 1. The molecule has 6 heteroatoms. The van der Waals surface area contributed by atoms with Crippen LogP contribution in [0.4, 0.5) is 5.82 Å². The van der Waals surface area contributed by atoms with Crippen molar-refractivity contribution in [3.63, 3.8) is 0 Å². The lowest BCUT2D eigenvalue weighted by Gasteiger charge is -2.35. The second-order valence-corrected chi connectivity index (χ2v) is 6.12. The van der Waals surface area contributed by atoms with Crippen LogP contribution >= 0.6 is 0 Å². The summed E-state index contributed by atoms with van der Waals surface area (Å²) in [7, 11) is 0. The van der Waals surface area contributed by atoms with Crippen LogP contribution in [0.15, 0.2) is 48.7 Å². The van der Waals surface area contributed by atoms with E-state index in [9.17, 15) is 10.1 Å². The van der Waals surface area contributed by atoms with E-state index in [0.717, 1.165) is 5.75 Å². The molecule has 0 radical (unpaired) electrons. The summed E-state index contributed by atoms with van der Waals surface area (Å²) in [6.07, 6.45) is 2.88. The second kappa shape index (κ2) is 8.86. The fraction of sp³-hybridized carbons (Fsp3) is 0.350. The van der Waals surface area contributed by atoms with Crippen molar-refractivity contribution in [2.24, 2.45) is 0 Å². The molecule has 1 amide bonds. The van der Waals surface area contributed by atoms with Gasteiger partial charge in [0.15, 0.2) is 0 Å². The number of ether oxygens (including phenoxy) is 1. The van der Waals surface area contributed by atoms with E-state index in [1.807, 2.05) is 35.2 Å². The van der Waals surface area contributed by atoms with Crippen LogP contribution in [0, 0.1) is 11.3 Å². The van der Waals surface area contributed by atoms with Crippen LogP contribution in [-0.4, -0.2) is 48.6 Å². The Morgan fingerprint density at radius 1 is 1.12 bits per heavy atom. The maximum absolute atomic E-state index is 12.4. The Bertz CT molecular complexity index is 765. The van der Waals surface area contributed by atoms with E-state index in [4.69, 9.17) is 4.74 Å². The lowest BCUT2D eigenvalue weighted by atomic mass is 10.2. The molecule has 1 saturated heterocycles. The summed E-state index contributed by atoms with van der Waals surface area (Å²) < 4.78 is 5.63. The van der Waals surface area contributed by atoms with Gasteiger partial charge in [-0.2, -0.15) is 5.26 Å². The molecule has 0 aliphatic carbocycles. The molecule has 1 aliphatic heterocycles. The molecule has 2 aromatic rings. The molecule has 1 aliphatic rings. The second-order valence-electron chi connectivity index (χ2n) is 6.12. The average molecular weight is 350 g/mol. The molecule has 0 atom stereocenters. The molecule has 0 saturated carbocycles. The normalized spacial score (nSPS) is 14.0. The minimum Gasteiger partial charge on any atom is -0.494 e. The maximum Gasteiger partial charge on any atom is 0.222 e. The van der Waals surface area contributed by atoms with Gasteiger partial charge in [-0.25, -0.2) is 4.98 Å². The van der Waals surface area contributed by atoms with Gasteiger partial charge >= 0.3 is 0 Å². The van der Waals surface area contributed by atoms with Crippen molar-refractivity contribution in [2.45, 2.75) is 12.8 Å². The molecule has 1 fully saturated rings. The van der Waals surface area contributed by atoms with Gasteiger partial charge in [0.2, 0.25) is 5.91 Å². The van der Waals surface area contributed by atoms with Crippen molar-refractivity contribution in [3.05, 3.63) is 54.2 Å². The molecule has 1 aromatic heterocycles. The lowest BCUT2D eigenvalue weighted by molar-refractivity contribution is -0.131. The summed E-state index contributed by atoms with van der Waals surface area (Å²) in [5, 5.41) is 9.20. The predicted molar refractivity (Wildman–Crippen MR) is 98.9 cm³/mol. The number of amides is 1. The van der Waals surface area contributed by atoms with Crippen molar-refractivity contribution >= 4 is 11.7 Å². The summed E-state index contributed by atoms with van der Waals surface area (Å²) in [6.45, 7) is 3.23. The van der Waals surface area contributed by atoms with Crippen LogP contribution in [0.3, 0.4) is 0 Å². The van der Waals surface area contributed by atoms with Crippen molar-refractivity contribution in [3.8, 4) is 11.8 Å². The van der Waals surface area contributed by atoms with Gasteiger partial charge in [0.25, 0.3) is 0 Å². The third-order valence-corrected chi connectivity index (χ3v) is 4.39. The number of rotatable bonds is 6. The highest BCUT2D eigenvalue weighted by Crippen LogP contribution is 2.18. The Morgan fingerprint density at radius 3 is 2.62 bits per heavy atom. The van der Waals surface area contributed by atoms with E-state index in [-0.39, 0.29) is 5.91 Å². The van der Waals surface area contributed by atoms with E-state index in [0.29, 0.717) is 57.0 Å². The topological polar surface area (TPSA) is 69.5 Å². The zero-order chi connectivity index (χ0) is 18.2. The SMILES string of the molecule is N#Cc1cccnc1N1CCN(C(=O)CCCOc2ccccc2)CC1. The standard InChI is InChI=1S/C20H22N4O2/c21-16-17-6-4-10-22-20(17)24-13-11-23(12-14-24)19(25)9-5-15-26-18-7-2-1-3-8-18/h1-4,6-8,10H,5,9,11-15H2. The maximum atomic E-state index is 12.4. The van der Waals surface area contributed by atoms with Gasteiger partial charge < -0.3 is 14.5 Å². The molecular weight excluding hydrogens is 328 g/mol. The van der Waals surface area contributed by atoms with Gasteiger partial charge in [-0.3, -0.25) is 4.79 Å². The van der Waals surface area contributed by atoms with Crippen LogP contribution in [0.5, 0.6) is 5.75 Å². The first-order chi connectivity index (χ1) is 12.8. The fourth-order valence-electron chi connectivity index (χ4n) is 2.99. The van der Waals surface area contributed by atoms with Gasteiger partial charge in [-0.1, -0.05) is 18.2 Å². The molecule has 134 valence electrons. The van der Waals surface area contributed by atoms with Crippen LogP contribution in [0.1, 0.15) is 18.4 Å². The van der Waals surface area contributed by atoms with Crippen LogP contribution in [0.25, 0.3) is 0 Å². The van der Waals surface area contributed by atoms with E-state index in [1.165, 1.54) is 0 Å². The highest BCUT2D eigenvalue weighted by Gasteiger charge is 2.22. The van der Waals surface area contributed by atoms with Crippen molar-refractivity contribution in [1.82, 2.24) is 9.88 Å². The van der Waals surface area contributed by atoms with Crippen molar-refractivity contribution in [2.75, 3.05) is 37.7 Å². The first kappa shape index (κ1) is 17.7. The summed E-state index contributed by atoms with van der Waals surface area (Å²) in [6, 6.07) is 15.3. The molecule has 0 spiro atoms. The van der Waals surface area contributed by atoms with E-state index in [2.05, 4.69) is 16.0 Å². The van der Waals surface area contributed by atoms with Crippen LogP contribution in [-0.2, 0) is 4.79 Å². The minimum atomic E-state index is 0.155. The Balaban J connectivity index is 1.41. The number of benzene rings is 1. The molecule has 1 aromatic carbocycles. The number of nitriles is 1. The number of anilines is 1. The van der Waals surface area contributed by atoms with E-state index < -0.39 is 0 Å². The first-order valence-electron chi connectivity index (χ1n) is 8.83. The number of para-hydroxylation sites is 1. The number of carbonyl (C=O) groups excluding carboxylic acids is 1. The first-order valence-corrected chi connectivity index (χ1v) is 8.83. The molecule has 2 heterocycles. The largest absolute Gasteiger partial charge is 0.494 e. The lowest BCUT2D eigenvalue weighted by Crippen LogP contribution is -2.49. The predicted octanol–water partition coefficient (Wildman–Crippen LogP) is 2.46. The smallest absolute Gasteiger partial charge is 0.222 e. The van der Waals surface area contributed by atoms with Crippen molar-refractivity contribution < 1.29 is 9.53 Å². The van der Waals surface area contributed by atoms with Crippen LogP contribution in [0.2, 0.25) is 0 Å². The number of carbonyl (C=O) groups is 1. The molecular formula is C20H22N4O2. The number of piperazine rings is 1. The van der Waals surface area contributed by atoms with Crippen molar-refractivity contribution in [1.29, 1.82) is 5.26 Å². The van der Waals surface area contributed by atoms with Gasteiger partial charge in [0.1, 0.15) is 17.6 Å². The third-order valence-electron chi connectivity index (χ3n) is 4.39. The average Bonchev–Trinajstić information content (AvgIpc) is 2.72. The zero-order valence-corrected chi connectivity index (χ0v) is 14.7. The number of hydrogen-bond acceptors (Lipinski definition) is 5. The summed E-state index contributed by atoms with van der Waals surface area (Å²) in [5.74, 6) is 1.69. The third kappa shape index (κ3) is 4.51. The van der Waals surface area contributed by atoms with Gasteiger partial charge in [0.05, 0.1) is 12.2 Å². The monoisotopic (exact) mass is 350 g/mol. The summed E-state index contributed by atoms with van der Waals surface area (Å²) in [5.41, 5.74) is 0.574. The molecule has 0 bridgehead atoms. The number of hydrogen-bond donors (Lipinski definition) is 0. The Labute approximate surface area is 153 Å². The molecule has 0 unspecified atom stereocenters. The Kier molecular flexibility index (Phi) is 6.05. The zero-order valence-electron chi connectivity index (χ0n) is 14.7. The van der Waals surface area contributed by atoms with Gasteiger partial charge in [-0.15, -0.1) is 0 Å². The Morgan fingerprint density at radius 2 is 1.88 bits per heavy atom. The van der Waals surface area contributed by atoms with E-state index >= 15 is 0 Å². The molecule has 0 N–H and O–H groups in total. The number of pyridine rings is 1. The van der Waals surface area contributed by atoms with E-state index in [1.54, 1.807) is 18.3 Å². The highest BCUT2D eigenvalue weighted by atomic mass is 16.5. The molecule has 26 heavy (non-hydrogen) atoms. The quantitative estimate of drug-likeness (QED) is 0.749. The summed E-state index contributed by atoms with van der Waals surface area (Å²) >= 11 is 0. The van der Waals surface area contributed by atoms with Crippen LogP contribution < -0.4 is 9.64 Å².